The van der Waals surface area contributed by atoms with Crippen molar-refractivity contribution in [3.05, 3.63) is 60.0 Å². The third-order valence-corrected chi connectivity index (χ3v) is 3.58. The number of anilines is 3. The standard InChI is InChI=1S/C17H14F3N5/c1-10-15(11-3-2-4-13(21)7-11)23-9-24-16(10)25-14-6-5-12(8-22-14)17(18,19)20/h2-9H,21H2,1H3,(H,22,23,24,25). The van der Waals surface area contributed by atoms with Gasteiger partial charge in [-0.15, -0.1) is 0 Å². The molecule has 8 heteroatoms. The monoisotopic (exact) mass is 345 g/mol. The molecule has 0 amide bonds. The number of hydrogen-bond donors (Lipinski definition) is 2. The van der Waals surface area contributed by atoms with Gasteiger partial charge in [0.15, 0.2) is 0 Å². The minimum atomic E-state index is -4.42. The van der Waals surface area contributed by atoms with Gasteiger partial charge >= 0.3 is 6.18 Å². The van der Waals surface area contributed by atoms with E-state index in [4.69, 9.17) is 5.73 Å². The van der Waals surface area contributed by atoms with E-state index in [1.165, 1.54) is 12.4 Å². The Morgan fingerprint density at radius 2 is 1.84 bits per heavy atom. The first kappa shape index (κ1) is 16.7. The molecule has 3 rings (SSSR count). The molecule has 0 aliphatic carbocycles. The van der Waals surface area contributed by atoms with E-state index in [-0.39, 0.29) is 5.82 Å². The van der Waals surface area contributed by atoms with Crippen LogP contribution in [-0.4, -0.2) is 15.0 Å². The Bertz CT molecular complexity index is 892. The number of aromatic nitrogens is 3. The van der Waals surface area contributed by atoms with Crippen molar-refractivity contribution in [3.8, 4) is 11.3 Å². The summed E-state index contributed by atoms with van der Waals surface area (Å²) in [5.41, 5.74) is 7.83. The van der Waals surface area contributed by atoms with Crippen LogP contribution in [0.5, 0.6) is 0 Å². The minimum Gasteiger partial charge on any atom is -0.399 e. The molecule has 2 heterocycles. The SMILES string of the molecule is Cc1c(Nc2ccc(C(F)(F)F)cn2)ncnc1-c1cccc(N)c1. The highest BCUT2D eigenvalue weighted by atomic mass is 19.4. The van der Waals surface area contributed by atoms with E-state index in [0.717, 1.165) is 23.4 Å². The van der Waals surface area contributed by atoms with E-state index in [2.05, 4.69) is 20.3 Å². The number of nitrogens with one attached hydrogen (secondary N) is 1. The molecule has 0 aliphatic rings. The van der Waals surface area contributed by atoms with Gasteiger partial charge in [-0.25, -0.2) is 15.0 Å². The second-order valence-electron chi connectivity index (χ2n) is 5.38. The number of pyridine rings is 1. The third kappa shape index (κ3) is 3.68. The average molecular weight is 345 g/mol. The van der Waals surface area contributed by atoms with Crippen LogP contribution in [0.15, 0.2) is 48.9 Å². The summed E-state index contributed by atoms with van der Waals surface area (Å²) >= 11 is 0. The van der Waals surface area contributed by atoms with Gasteiger partial charge in [-0.05, 0) is 31.2 Å². The summed E-state index contributed by atoms with van der Waals surface area (Å²) in [7, 11) is 0. The van der Waals surface area contributed by atoms with Crippen molar-refractivity contribution in [2.45, 2.75) is 13.1 Å². The Hall–Kier alpha value is -3.16. The molecular weight excluding hydrogens is 331 g/mol. The topological polar surface area (TPSA) is 76.7 Å². The molecule has 3 aromatic rings. The maximum atomic E-state index is 12.6. The predicted molar refractivity (Wildman–Crippen MR) is 89.1 cm³/mol. The van der Waals surface area contributed by atoms with Gasteiger partial charge in [0.1, 0.15) is 18.0 Å². The quantitative estimate of drug-likeness (QED) is 0.696. The molecule has 25 heavy (non-hydrogen) atoms. The zero-order valence-electron chi connectivity index (χ0n) is 13.2. The molecule has 0 unspecified atom stereocenters. The molecule has 0 saturated carbocycles. The summed E-state index contributed by atoms with van der Waals surface area (Å²) < 4.78 is 37.8. The van der Waals surface area contributed by atoms with Crippen LogP contribution in [0.25, 0.3) is 11.3 Å². The lowest BCUT2D eigenvalue weighted by Gasteiger charge is -2.12. The number of nitrogens with zero attached hydrogens (tertiary/aromatic N) is 3. The summed E-state index contributed by atoms with van der Waals surface area (Å²) in [4.78, 5) is 12.2. The molecule has 0 bridgehead atoms. The van der Waals surface area contributed by atoms with E-state index >= 15 is 0 Å². The number of alkyl halides is 3. The van der Waals surface area contributed by atoms with Crippen molar-refractivity contribution in [3.63, 3.8) is 0 Å². The molecule has 2 aromatic heterocycles. The van der Waals surface area contributed by atoms with Crippen molar-refractivity contribution in [2.75, 3.05) is 11.1 Å². The molecule has 0 saturated heterocycles. The molecule has 0 spiro atoms. The van der Waals surface area contributed by atoms with Crippen molar-refractivity contribution in [1.29, 1.82) is 0 Å². The summed E-state index contributed by atoms with van der Waals surface area (Å²) in [5.74, 6) is 0.716. The first-order valence-electron chi connectivity index (χ1n) is 7.32. The van der Waals surface area contributed by atoms with Crippen LogP contribution in [-0.2, 0) is 6.18 Å². The van der Waals surface area contributed by atoms with Crippen LogP contribution in [0.4, 0.5) is 30.5 Å². The molecule has 0 atom stereocenters. The fraction of sp³-hybridized carbons (Fsp3) is 0.118. The minimum absolute atomic E-state index is 0.258. The number of rotatable bonds is 3. The van der Waals surface area contributed by atoms with Gasteiger partial charge in [-0.1, -0.05) is 12.1 Å². The van der Waals surface area contributed by atoms with E-state index in [1.54, 1.807) is 12.1 Å². The van der Waals surface area contributed by atoms with Crippen LogP contribution in [0, 0.1) is 6.92 Å². The van der Waals surface area contributed by atoms with Gasteiger partial charge in [0.2, 0.25) is 0 Å². The molecule has 0 radical (unpaired) electrons. The largest absolute Gasteiger partial charge is 0.417 e. The highest BCUT2D eigenvalue weighted by Gasteiger charge is 2.30. The Morgan fingerprint density at radius 1 is 1.04 bits per heavy atom. The van der Waals surface area contributed by atoms with E-state index < -0.39 is 11.7 Å². The van der Waals surface area contributed by atoms with E-state index in [9.17, 15) is 13.2 Å². The van der Waals surface area contributed by atoms with Crippen molar-refractivity contribution in [2.24, 2.45) is 0 Å². The van der Waals surface area contributed by atoms with Gasteiger partial charge in [-0.2, -0.15) is 13.2 Å². The smallest absolute Gasteiger partial charge is 0.399 e. The van der Waals surface area contributed by atoms with Crippen LogP contribution in [0.2, 0.25) is 0 Å². The highest BCUT2D eigenvalue weighted by Crippen LogP contribution is 2.30. The number of halogens is 3. The summed E-state index contributed by atoms with van der Waals surface area (Å²) in [6.07, 6.45) is -2.27. The van der Waals surface area contributed by atoms with Crippen molar-refractivity contribution >= 4 is 17.3 Å². The van der Waals surface area contributed by atoms with Gasteiger partial charge in [0, 0.05) is 23.0 Å². The van der Waals surface area contributed by atoms with Crippen molar-refractivity contribution in [1.82, 2.24) is 15.0 Å². The van der Waals surface area contributed by atoms with E-state index in [1.807, 2.05) is 19.1 Å². The van der Waals surface area contributed by atoms with Crippen LogP contribution < -0.4 is 11.1 Å². The maximum Gasteiger partial charge on any atom is 0.417 e. The zero-order valence-corrected chi connectivity index (χ0v) is 13.2. The normalized spacial score (nSPS) is 11.4. The van der Waals surface area contributed by atoms with Gasteiger partial charge in [0.05, 0.1) is 11.3 Å². The average Bonchev–Trinajstić information content (AvgIpc) is 2.56. The zero-order chi connectivity index (χ0) is 18.0. The maximum absolute atomic E-state index is 12.6. The van der Waals surface area contributed by atoms with E-state index in [0.29, 0.717) is 17.2 Å². The first-order valence-corrected chi connectivity index (χ1v) is 7.32. The lowest BCUT2D eigenvalue weighted by molar-refractivity contribution is -0.137. The van der Waals surface area contributed by atoms with Crippen LogP contribution in [0.1, 0.15) is 11.1 Å². The fourth-order valence-corrected chi connectivity index (χ4v) is 2.31. The molecule has 5 nitrogen and oxygen atoms in total. The highest BCUT2D eigenvalue weighted by molar-refractivity contribution is 5.71. The Kier molecular flexibility index (Phi) is 4.26. The lowest BCUT2D eigenvalue weighted by Crippen LogP contribution is -2.06. The van der Waals surface area contributed by atoms with Gasteiger partial charge < -0.3 is 11.1 Å². The number of benzene rings is 1. The molecule has 3 N–H and O–H groups in total. The lowest BCUT2D eigenvalue weighted by atomic mass is 10.1. The molecule has 128 valence electrons. The van der Waals surface area contributed by atoms with Gasteiger partial charge in [-0.3, -0.25) is 0 Å². The Morgan fingerprint density at radius 3 is 2.48 bits per heavy atom. The fourth-order valence-electron chi connectivity index (χ4n) is 2.31. The Balaban J connectivity index is 1.90. The molecular formula is C17H14F3N5. The number of hydrogen-bond acceptors (Lipinski definition) is 5. The second-order valence-corrected chi connectivity index (χ2v) is 5.38. The molecule has 0 aliphatic heterocycles. The first-order chi connectivity index (χ1) is 11.8. The predicted octanol–water partition coefficient (Wildman–Crippen LogP) is 4.19. The summed E-state index contributed by atoms with van der Waals surface area (Å²) in [5, 5.41) is 2.91. The van der Waals surface area contributed by atoms with Crippen molar-refractivity contribution < 1.29 is 13.2 Å². The molecule has 0 fully saturated rings. The molecule has 1 aromatic carbocycles. The Labute approximate surface area is 141 Å². The number of nitrogens with two attached hydrogens (primary N) is 1. The second kappa shape index (κ2) is 6.39. The summed E-state index contributed by atoms with van der Waals surface area (Å²) in [6.45, 7) is 1.81. The van der Waals surface area contributed by atoms with Crippen LogP contribution >= 0.6 is 0 Å². The third-order valence-electron chi connectivity index (χ3n) is 3.58. The number of nitrogen functional groups attached to an aromatic ring is 1. The van der Waals surface area contributed by atoms with Gasteiger partial charge in [0.25, 0.3) is 0 Å². The van der Waals surface area contributed by atoms with Crippen LogP contribution in [0.3, 0.4) is 0 Å². The summed E-state index contributed by atoms with van der Waals surface area (Å²) in [6, 6.07) is 9.46.